The molecule has 3 atom stereocenters. The molecule has 0 aromatic heterocycles. The Morgan fingerprint density at radius 2 is 2.22 bits per heavy atom. The Balaban J connectivity index is 2.29. The van der Waals surface area contributed by atoms with Crippen LogP contribution in [0, 0.1) is 11.8 Å². The van der Waals surface area contributed by atoms with E-state index in [9.17, 15) is 9.59 Å². The summed E-state index contributed by atoms with van der Waals surface area (Å²) in [6.45, 7) is 7.46. The first-order chi connectivity index (χ1) is 8.49. The number of carbonyl (C=O) groups excluding carboxylic acids is 2. The van der Waals surface area contributed by atoms with Crippen molar-refractivity contribution in [3.63, 3.8) is 0 Å². The third kappa shape index (κ3) is 2.45. The number of esters is 1. The van der Waals surface area contributed by atoms with Crippen LogP contribution < -0.4 is 0 Å². The van der Waals surface area contributed by atoms with Gasteiger partial charge in [-0.2, -0.15) is 0 Å². The van der Waals surface area contributed by atoms with Crippen LogP contribution in [-0.4, -0.2) is 17.9 Å². The lowest BCUT2D eigenvalue weighted by Gasteiger charge is -2.11. The van der Waals surface area contributed by atoms with Gasteiger partial charge in [0.05, 0.1) is 0 Å². The van der Waals surface area contributed by atoms with Gasteiger partial charge in [-0.05, 0) is 37.3 Å². The van der Waals surface area contributed by atoms with Gasteiger partial charge in [-0.1, -0.05) is 25.7 Å². The molecule has 0 spiro atoms. The Kier molecular flexibility index (Phi) is 3.50. The Hall–Kier alpha value is -1.64. The average molecular weight is 246 g/mol. The smallest absolute Gasteiger partial charge is 0.334 e. The second-order valence-electron chi connectivity index (χ2n) is 5.08. The van der Waals surface area contributed by atoms with Crippen molar-refractivity contribution in [2.75, 3.05) is 0 Å². The third-order valence-electron chi connectivity index (χ3n) is 3.66. The molecule has 0 radical (unpaired) electrons. The molecule has 18 heavy (non-hydrogen) atoms. The summed E-state index contributed by atoms with van der Waals surface area (Å²) in [6.07, 6.45) is 7.19. The molecule has 0 bridgehead atoms. The number of hydrogen-bond acceptors (Lipinski definition) is 3. The van der Waals surface area contributed by atoms with Crippen LogP contribution in [0.25, 0.3) is 0 Å². The molecule has 0 amide bonds. The van der Waals surface area contributed by atoms with Crippen molar-refractivity contribution in [1.82, 2.24) is 0 Å². The van der Waals surface area contributed by atoms with Gasteiger partial charge in [0.25, 0.3) is 0 Å². The van der Waals surface area contributed by atoms with E-state index >= 15 is 0 Å². The van der Waals surface area contributed by atoms with Gasteiger partial charge in [0.2, 0.25) is 0 Å². The molecule has 1 aliphatic carbocycles. The molecular formula is C15H18O3. The van der Waals surface area contributed by atoms with Crippen molar-refractivity contribution in [3.8, 4) is 0 Å². The van der Waals surface area contributed by atoms with Crippen LogP contribution in [0.3, 0.4) is 0 Å². The molecule has 0 aromatic rings. The molecule has 0 N–H and O–H groups in total. The van der Waals surface area contributed by atoms with E-state index in [1.54, 1.807) is 6.08 Å². The molecule has 0 aromatic carbocycles. The highest BCUT2D eigenvalue weighted by Gasteiger charge is 2.38. The van der Waals surface area contributed by atoms with Crippen LogP contribution in [0.15, 0.2) is 36.0 Å². The van der Waals surface area contributed by atoms with E-state index in [-0.39, 0.29) is 23.8 Å². The van der Waals surface area contributed by atoms with Crippen LogP contribution in [0.5, 0.6) is 0 Å². The summed E-state index contributed by atoms with van der Waals surface area (Å²) in [4.78, 5) is 22.5. The largest absolute Gasteiger partial charge is 0.458 e. The molecule has 1 saturated heterocycles. The van der Waals surface area contributed by atoms with Gasteiger partial charge < -0.3 is 4.74 Å². The van der Waals surface area contributed by atoms with E-state index in [1.807, 2.05) is 12.2 Å². The van der Waals surface area contributed by atoms with E-state index in [2.05, 4.69) is 13.5 Å². The standard InChI is InChI=1S/C15H18O3/c1-9-4-7-14-13(11(3)15(17)18-14)8-12(9)6-5-10(2)16/h5-6,8-9,13-14H,3-4,7H2,1-2H3/b6-5+/t9-,13+,14-/m0/s1. The number of hydrogen-bond donors (Lipinski definition) is 0. The fourth-order valence-electron chi connectivity index (χ4n) is 2.48. The van der Waals surface area contributed by atoms with Gasteiger partial charge in [0.15, 0.2) is 5.78 Å². The van der Waals surface area contributed by atoms with E-state index in [0.717, 1.165) is 18.4 Å². The van der Waals surface area contributed by atoms with Crippen molar-refractivity contribution in [3.05, 3.63) is 36.0 Å². The lowest BCUT2D eigenvalue weighted by molar-refractivity contribution is -0.139. The second kappa shape index (κ2) is 4.92. The van der Waals surface area contributed by atoms with Crippen LogP contribution in [0.1, 0.15) is 26.7 Å². The topological polar surface area (TPSA) is 43.4 Å². The maximum absolute atomic E-state index is 11.5. The first kappa shape index (κ1) is 12.8. The minimum Gasteiger partial charge on any atom is -0.458 e. The minimum atomic E-state index is -0.286. The first-order valence-electron chi connectivity index (χ1n) is 6.29. The molecule has 1 aliphatic heterocycles. The number of ether oxygens (including phenoxy) is 1. The first-order valence-corrected chi connectivity index (χ1v) is 6.29. The van der Waals surface area contributed by atoms with Crippen molar-refractivity contribution >= 4 is 11.8 Å². The van der Waals surface area contributed by atoms with Gasteiger partial charge in [-0.15, -0.1) is 0 Å². The summed E-state index contributed by atoms with van der Waals surface area (Å²) < 4.78 is 5.31. The van der Waals surface area contributed by atoms with E-state index in [4.69, 9.17) is 4.74 Å². The lowest BCUT2D eigenvalue weighted by atomic mass is 9.94. The highest BCUT2D eigenvalue weighted by molar-refractivity contribution is 5.91. The Morgan fingerprint density at radius 1 is 1.50 bits per heavy atom. The van der Waals surface area contributed by atoms with Crippen LogP contribution in [0.4, 0.5) is 0 Å². The zero-order valence-electron chi connectivity index (χ0n) is 10.8. The molecule has 1 fully saturated rings. The summed E-state index contributed by atoms with van der Waals surface area (Å²) in [7, 11) is 0. The summed E-state index contributed by atoms with van der Waals surface area (Å²) in [5.74, 6) is 0.0823. The van der Waals surface area contributed by atoms with Gasteiger partial charge >= 0.3 is 5.97 Å². The van der Waals surface area contributed by atoms with Gasteiger partial charge in [-0.25, -0.2) is 4.79 Å². The fraction of sp³-hybridized carbons (Fsp3) is 0.467. The van der Waals surface area contributed by atoms with Gasteiger partial charge in [0.1, 0.15) is 6.10 Å². The number of ketones is 1. The van der Waals surface area contributed by atoms with Crippen molar-refractivity contribution in [1.29, 1.82) is 0 Å². The third-order valence-corrected chi connectivity index (χ3v) is 3.66. The number of rotatable bonds is 2. The molecule has 2 rings (SSSR count). The summed E-state index contributed by atoms with van der Waals surface area (Å²) >= 11 is 0. The molecule has 0 unspecified atom stereocenters. The average Bonchev–Trinajstić information content (AvgIpc) is 2.48. The van der Waals surface area contributed by atoms with Crippen molar-refractivity contribution in [2.24, 2.45) is 11.8 Å². The van der Waals surface area contributed by atoms with Gasteiger partial charge in [-0.3, -0.25) is 4.79 Å². The number of carbonyl (C=O) groups is 2. The van der Waals surface area contributed by atoms with E-state index in [1.165, 1.54) is 6.92 Å². The lowest BCUT2D eigenvalue weighted by Crippen LogP contribution is -2.13. The van der Waals surface area contributed by atoms with E-state index < -0.39 is 0 Å². The molecular weight excluding hydrogens is 228 g/mol. The highest BCUT2D eigenvalue weighted by atomic mass is 16.6. The van der Waals surface area contributed by atoms with Gasteiger partial charge in [0, 0.05) is 11.5 Å². The number of allylic oxidation sites excluding steroid dienone is 3. The Morgan fingerprint density at radius 3 is 2.89 bits per heavy atom. The predicted octanol–water partition coefficient (Wildman–Crippen LogP) is 2.59. The quantitative estimate of drug-likeness (QED) is 0.555. The number of fused-ring (bicyclic) bond motifs is 1. The molecule has 1 heterocycles. The van der Waals surface area contributed by atoms with E-state index in [0.29, 0.717) is 11.5 Å². The summed E-state index contributed by atoms with van der Waals surface area (Å²) in [5, 5.41) is 0. The Labute approximate surface area is 107 Å². The molecule has 0 saturated carbocycles. The van der Waals surface area contributed by atoms with Crippen LogP contribution in [0.2, 0.25) is 0 Å². The van der Waals surface area contributed by atoms with Crippen molar-refractivity contribution in [2.45, 2.75) is 32.8 Å². The maximum Gasteiger partial charge on any atom is 0.334 e. The zero-order chi connectivity index (χ0) is 13.3. The fourth-order valence-corrected chi connectivity index (χ4v) is 2.48. The molecule has 2 aliphatic rings. The second-order valence-corrected chi connectivity index (χ2v) is 5.08. The maximum atomic E-state index is 11.5. The molecule has 3 heteroatoms. The minimum absolute atomic E-state index is 0.0291. The zero-order valence-corrected chi connectivity index (χ0v) is 10.8. The Bertz CT molecular complexity index is 456. The highest BCUT2D eigenvalue weighted by Crippen LogP contribution is 2.37. The monoisotopic (exact) mass is 246 g/mol. The van der Waals surface area contributed by atoms with Crippen LogP contribution in [-0.2, 0) is 14.3 Å². The molecule has 3 nitrogen and oxygen atoms in total. The normalized spacial score (nSPS) is 31.9. The van der Waals surface area contributed by atoms with Crippen molar-refractivity contribution < 1.29 is 14.3 Å². The predicted molar refractivity (Wildman–Crippen MR) is 68.8 cm³/mol. The van der Waals surface area contributed by atoms with Crippen LogP contribution >= 0.6 is 0 Å². The SMILES string of the molecule is C=C1C(=O)O[C@H]2CC[C@H](C)C(/C=C/C(C)=O)=C[C@H]12. The summed E-state index contributed by atoms with van der Waals surface area (Å²) in [5.41, 5.74) is 1.62. The summed E-state index contributed by atoms with van der Waals surface area (Å²) in [6, 6.07) is 0. The molecule has 96 valence electrons.